The second-order valence-electron chi connectivity index (χ2n) is 5.72. The Morgan fingerprint density at radius 1 is 0.905 bits per heavy atom. The van der Waals surface area contributed by atoms with E-state index in [-0.39, 0.29) is 5.91 Å². The largest absolute Gasteiger partial charge is 0.339 e. The third-order valence-corrected chi connectivity index (χ3v) is 3.79. The molecule has 2 heteroatoms. The standard InChI is InChI=1S/C19H31NO/c1-2-3-4-5-6-7-8-9-10-11-13-16-19(21)20-17-14-12-15-18-20/h6-7,10-11,13,16H,2-5,8-9,12,14-15,17-18H2,1H3/b7-6-,11-10+,16-13+. The van der Waals surface area contributed by atoms with E-state index >= 15 is 0 Å². The van der Waals surface area contributed by atoms with Gasteiger partial charge >= 0.3 is 0 Å². The number of nitrogens with zero attached hydrogens (tertiary/aromatic N) is 1. The Balaban J connectivity index is 2.05. The van der Waals surface area contributed by atoms with Gasteiger partial charge in [-0.15, -0.1) is 0 Å². The Kier molecular flexibility index (Phi) is 10.5. The zero-order valence-electron chi connectivity index (χ0n) is 13.6. The van der Waals surface area contributed by atoms with Gasteiger partial charge in [-0.05, 0) is 44.9 Å². The molecule has 0 unspecified atom stereocenters. The van der Waals surface area contributed by atoms with Crippen molar-refractivity contribution in [3.63, 3.8) is 0 Å². The number of hydrogen-bond donors (Lipinski definition) is 0. The van der Waals surface area contributed by atoms with Crippen LogP contribution < -0.4 is 0 Å². The van der Waals surface area contributed by atoms with Crippen LogP contribution in [0.1, 0.15) is 64.7 Å². The second-order valence-corrected chi connectivity index (χ2v) is 5.72. The fourth-order valence-electron chi connectivity index (χ4n) is 2.47. The number of hydrogen-bond acceptors (Lipinski definition) is 1. The maximum atomic E-state index is 11.9. The van der Waals surface area contributed by atoms with Crippen LogP contribution in [0.3, 0.4) is 0 Å². The van der Waals surface area contributed by atoms with E-state index in [2.05, 4.69) is 25.2 Å². The van der Waals surface area contributed by atoms with Gasteiger partial charge < -0.3 is 4.90 Å². The van der Waals surface area contributed by atoms with Gasteiger partial charge in [-0.3, -0.25) is 4.79 Å². The number of allylic oxidation sites excluding steroid dienone is 5. The van der Waals surface area contributed by atoms with Gasteiger partial charge in [0.15, 0.2) is 0 Å². The van der Waals surface area contributed by atoms with Crippen LogP contribution in [0.15, 0.2) is 36.5 Å². The molecule has 0 aliphatic carbocycles. The lowest BCUT2D eigenvalue weighted by molar-refractivity contribution is -0.126. The molecule has 1 heterocycles. The molecular weight excluding hydrogens is 258 g/mol. The predicted molar refractivity (Wildman–Crippen MR) is 91.2 cm³/mol. The minimum absolute atomic E-state index is 0.162. The van der Waals surface area contributed by atoms with Crippen LogP contribution >= 0.6 is 0 Å². The Bertz CT molecular complexity index is 349. The highest BCUT2D eigenvalue weighted by Crippen LogP contribution is 2.09. The minimum atomic E-state index is 0.162. The summed E-state index contributed by atoms with van der Waals surface area (Å²) in [6.07, 6.45) is 23.1. The van der Waals surface area contributed by atoms with Crippen molar-refractivity contribution in [2.45, 2.75) is 64.7 Å². The minimum Gasteiger partial charge on any atom is -0.339 e. The summed E-state index contributed by atoms with van der Waals surface area (Å²) in [5, 5.41) is 0. The highest BCUT2D eigenvalue weighted by Gasteiger charge is 2.12. The van der Waals surface area contributed by atoms with Gasteiger partial charge in [0.1, 0.15) is 0 Å². The summed E-state index contributed by atoms with van der Waals surface area (Å²) in [5.41, 5.74) is 0. The molecule has 1 amide bonds. The molecular formula is C19H31NO. The normalized spacial score (nSPS) is 16.5. The first-order valence-corrected chi connectivity index (χ1v) is 8.61. The molecule has 0 aromatic rings. The van der Waals surface area contributed by atoms with Gasteiger partial charge in [-0.2, -0.15) is 0 Å². The number of rotatable bonds is 9. The van der Waals surface area contributed by atoms with E-state index in [0.29, 0.717) is 0 Å². The molecule has 1 saturated heterocycles. The van der Waals surface area contributed by atoms with Crippen molar-refractivity contribution < 1.29 is 4.79 Å². The maximum Gasteiger partial charge on any atom is 0.246 e. The molecule has 0 saturated carbocycles. The SMILES string of the molecule is CCCCC/C=C\CC/C=C/C=C/C(=O)N1CCCCC1. The lowest BCUT2D eigenvalue weighted by atomic mass is 10.1. The summed E-state index contributed by atoms with van der Waals surface area (Å²) in [5.74, 6) is 0.162. The van der Waals surface area contributed by atoms with Crippen LogP contribution in [0.4, 0.5) is 0 Å². The van der Waals surface area contributed by atoms with Gasteiger partial charge in [0.05, 0.1) is 0 Å². The molecule has 2 nitrogen and oxygen atoms in total. The van der Waals surface area contributed by atoms with E-state index in [0.717, 1.165) is 38.8 Å². The van der Waals surface area contributed by atoms with Crippen LogP contribution in [0.25, 0.3) is 0 Å². The van der Waals surface area contributed by atoms with Crippen molar-refractivity contribution in [2.75, 3.05) is 13.1 Å². The highest BCUT2D eigenvalue weighted by atomic mass is 16.2. The Morgan fingerprint density at radius 2 is 1.62 bits per heavy atom. The van der Waals surface area contributed by atoms with Crippen LogP contribution in [0.2, 0.25) is 0 Å². The molecule has 1 aliphatic heterocycles. The fraction of sp³-hybridized carbons (Fsp3) is 0.632. The van der Waals surface area contributed by atoms with E-state index in [4.69, 9.17) is 0 Å². The summed E-state index contributed by atoms with van der Waals surface area (Å²) in [7, 11) is 0. The van der Waals surface area contributed by atoms with Crippen molar-refractivity contribution in [3.8, 4) is 0 Å². The van der Waals surface area contributed by atoms with E-state index in [9.17, 15) is 4.79 Å². The van der Waals surface area contributed by atoms with Crippen molar-refractivity contribution in [3.05, 3.63) is 36.5 Å². The lowest BCUT2D eigenvalue weighted by Gasteiger charge is -2.25. The smallest absolute Gasteiger partial charge is 0.246 e. The first-order chi connectivity index (χ1) is 10.3. The van der Waals surface area contributed by atoms with Crippen molar-refractivity contribution in [2.24, 2.45) is 0 Å². The van der Waals surface area contributed by atoms with Gasteiger partial charge in [0, 0.05) is 19.2 Å². The van der Waals surface area contributed by atoms with Gasteiger partial charge in [0.2, 0.25) is 5.91 Å². The van der Waals surface area contributed by atoms with E-state index in [1.54, 1.807) is 6.08 Å². The van der Waals surface area contributed by atoms with Crippen LogP contribution in [0.5, 0.6) is 0 Å². The third-order valence-electron chi connectivity index (χ3n) is 3.79. The topological polar surface area (TPSA) is 20.3 Å². The number of likely N-dealkylation sites (tertiary alicyclic amines) is 1. The number of piperidine rings is 1. The van der Waals surface area contributed by atoms with E-state index in [1.165, 1.54) is 32.1 Å². The summed E-state index contributed by atoms with van der Waals surface area (Å²) < 4.78 is 0. The molecule has 0 spiro atoms. The average Bonchev–Trinajstić information content (AvgIpc) is 2.53. The molecule has 118 valence electrons. The molecule has 1 rings (SSSR count). The summed E-state index contributed by atoms with van der Waals surface area (Å²) in [6.45, 7) is 4.09. The van der Waals surface area contributed by atoms with Gasteiger partial charge in [-0.25, -0.2) is 0 Å². The fourth-order valence-corrected chi connectivity index (χ4v) is 2.47. The first-order valence-electron chi connectivity index (χ1n) is 8.61. The van der Waals surface area contributed by atoms with E-state index in [1.807, 2.05) is 17.1 Å². The molecule has 0 aromatic carbocycles. The maximum absolute atomic E-state index is 11.9. The Morgan fingerprint density at radius 3 is 2.38 bits per heavy atom. The highest BCUT2D eigenvalue weighted by molar-refractivity contribution is 5.87. The van der Waals surface area contributed by atoms with Crippen LogP contribution in [-0.2, 0) is 4.79 Å². The predicted octanol–water partition coefficient (Wildman–Crippen LogP) is 5.03. The van der Waals surface area contributed by atoms with Crippen LogP contribution in [0, 0.1) is 0 Å². The number of carbonyl (C=O) groups excluding carboxylic acids is 1. The van der Waals surface area contributed by atoms with Crippen molar-refractivity contribution >= 4 is 5.91 Å². The number of unbranched alkanes of at least 4 members (excludes halogenated alkanes) is 4. The van der Waals surface area contributed by atoms with Gasteiger partial charge in [-0.1, -0.05) is 50.1 Å². The number of amides is 1. The molecule has 0 N–H and O–H groups in total. The van der Waals surface area contributed by atoms with Crippen molar-refractivity contribution in [1.29, 1.82) is 0 Å². The summed E-state index contributed by atoms with van der Waals surface area (Å²) in [4.78, 5) is 13.8. The first kappa shape index (κ1) is 17.7. The van der Waals surface area contributed by atoms with E-state index < -0.39 is 0 Å². The van der Waals surface area contributed by atoms with Crippen molar-refractivity contribution in [1.82, 2.24) is 4.90 Å². The summed E-state index contributed by atoms with van der Waals surface area (Å²) >= 11 is 0. The molecule has 0 radical (unpaired) electrons. The quantitative estimate of drug-likeness (QED) is 0.252. The molecule has 21 heavy (non-hydrogen) atoms. The average molecular weight is 289 g/mol. The summed E-state index contributed by atoms with van der Waals surface area (Å²) in [6, 6.07) is 0. The zero-order chi connectivity index (χ0) is 15.2. The van der Waals surface area contributed by atoms with Gasteiger partial charge in [0.25, 0.3) is 0 Å². The molecule has 0 atom stereocenters. The Labute approximate surface area is 130 Å². The molecule has 0 aromatic heterocycles. The second kappa shape index (κ2) is 12.4. The molecule has 1 fully saturated rings. The Hall–Kier alpha value is -1.31. The monoisotopic (exact) mass is 289 g/mol. The molecule has 1 aliphatic rings. The zero-order valence-corrected chi connectivity index (χ0v) is 13.6. The number of carbonyl (C=O) groups is 1. The molecule has 0 bridgehead atoms. The lowest BCUT2D eigenvalue weighted by Crippen LogP contribution is -2.34. The third kappa shape index (κ3) is 9.28. The van der Waals surface area contributed by atoms with Crippen LogP contribution in [-0.4, -0.2) is 23.9 Å².